The van der Waals surface area contributed by atoms with E-state index in [1.807, 2.05) is 6.92 Å². The first-order valence-electron chi connectivity index (χ1n) is 4.04. The van der Waals surface area contributed by atoms with Gasteiger partial charge in [-0.05, 0) is 18.3 Å². The van der Waals surface area contributed by atoms with E-state index in [9.17, 15) is 9.90 Å². The van der Waals surface area contributed by atoms with Crippen LogP contribution in [0.15, 0.2) is 0 Å². The summed E-state index contributed by atoms with van der Waals surface area (Å²) in [6.07, 6.45) is 1.81. The van der Waals surface area contributed by atoms with Crippen LogP contribution in [0, 0.1) is 11.8 Å². The Balaban J connectivity index is 2.52. The molecular formula is C8H14O3. The maximum Gasteiger partial charge on any atom is 0.332 e. The van der Waals surface area contributed by atoms with Gasteiger partial charge >= 0.3 is 5.97 Å². The molecule has 0 radical (unpaired) electrons. The third-order valence-corrected chi connectivity index (χ3v) is 2.59. The van der Waals surface area contributed by atoms with Gasteiger partial charge in [-0.1, -0.05) is 19.8 Å². The van der Waals surface area contributed by atoms with Crippen LogP contribution in [0.2, 0.25) is 0 Å². The number of hydrogen-bond donors (Lipinski definition) is 2. The molecule has 3 nitrogen and oxygen atoms in total. The van der Waals surface area contributed by atoms with E-state index in [2.05, 4.69) is 0 Å². The monoisotopic (exact) mass is 158 g/mol. The predicted molar refractivity (Wildman–Crippen MR) is 40.1 cm³/mol. The Bertz CT molecular complexity index is 155. The lowest BCUT2D eigenvalue weighted by atomic mass is 9.92. The summed E-state index contributed by atoms with van der Waals surface area (Å²) in [6.45, 7) is 2.00. The Morgan fingerprint density at radius 3 is 2.55 bits per heavy atom. The summed E-state index contributed by atoms with van der Waals surface area (Å²) in [6, 6.07) is 0. The molecule has 3 atom stereocenters. The minimum atomic E-state index is -1.15. The highest BCUT2D eigenvalue weighted by Crippen LogP contribution is 2.33. The van der Waals surface area contributed by atoms with E-state index in [0.29, 0.717) is 5.92 Å². The van der Waals surface area contributed by atoms with Crippen LogP contribution in [0.4, 0.5) is 0 Å². The molecule has 11 heavy (non-hydrogen) atoms. The zero-order chi connectivity index (χ0) is 8.43. The molecular weight excluding hydrogens is 144 g/mol. The Labute approximate surface area is 66.0 Å². The number of carboxylic acid groups (broad SMARTS) is 1. The fourth-order valence-electron chi connectivity index (χ4n) is 1.83. The lowest BCUT2D eigenvalue weighted by Crippen LogP contribution is -2.30. The van der Waals surface area contributed by atoms with Gasteiger partial charge in [0.2, 0.25) is 0 Å². The first-order chi connectivity index (χ1) is 5.13. The first kappa shape index (κ1) is 8.53. The average Bonchev–Trinajstić information content (AvgIpc) is 2.33. The summed E-state index contributed by atoms with van der Waals surface area (Å²) in [5.41, 5.74) is 0. The number of aliphatic carboxylic acids is 1. The van der Waals surface area contributed by atoms with E-state index in [1.165, 1.54) is 0 Å². The molecule has 3 heteroatoms. The molecule has 0 aliphatic heterocycles. The minimum Gasteiger partial charge on any atom is -0.479 e. The topological polar surface area (TPSA) is 57.5 Å². The zero-order valence-corrected chi connectivity index (χ0v) is 6.66. The van der Waals surface area contributed by atoms with E-state index in [0.717, 1.165) is 19.3 Å². The molecule has 0 saturated heterocycles. The van der Waals surface area contributed by atoms with Gasteiger partial charge in [0, 0.05) is 0 Å². The van der Waals surface area contributed by atoms with E-state index in [1.54, 1.807) is 0 Å². The Hall–Kier alpha value is -0.570. The van der Waals surface area contributed by atoms with Crippen LogP contribution in [0.3, 0.4) is 0 Å². The minimum absolute atomic E-state index is 0.0208. The van der Waals surface area contributed by atoms with Crippen LogP contribution < -0.4 is 0 Å². The second-order valence-electron chi connectivity index (χ2n) is 3.36. The van der Waals surface area contributed by atoms with Crippen LogP contribution in [-0.2, 0) is 4.79 Å². The molecule has 1 aliphatic carbocycles. The van der Waals surface area contributed by atoms with Crippen molar-refractivity contribution in [1.29, 1.82) is 0 Å². The summed E-state index contributed by atoms with van der Waals surface area (Å²) in [7, 11) is 0. The quantitative estimate of drug-likeness (QED) is 0.627. The molecule has 0 aromatic carbocycles. The smallest absolute Gasteiger partial charge is 0.332 e. The van der Waals surface area contributed by atoms with Crippen molar-refractivity contribution >= 4 is 5.97 Å². The third-order valence-electron chi connectivity index (χ3n) is 2.59. The van der Waals surface area contributed by atoms with E-state index >= 15 is 0 Å². The molecule has 0 heterocycles. The van der Waals surface area contributed by atoms with E-state index in [-0.39, 0.29) is 5.92 Å². The number of aliphatic hydroxyl groups excluding tert-OH is 1. The van der Waals surface area contributed by atoms with Crippen LogP contribution in [0.25, 0.3) is 0 Å². The summed E-state index contributed by atoms with van der Waals surface area (Å²) >= 11 is 0. The number of rotatable bonds is 2. The molecule has 1 rings (SSSR count). The van der Waals surface area contributed by atoms with E-state index in [4.69, 9.17) is 5.11 Å². The van der Waals surface area contributed by atoms with Crippen molar-refractivity contribution < 1.29 is 15.0 Å². The number of carbonyl (C=O) groups is 1. The first-order valence-corrected chi connectivity index (χ1v) is 4.04. The molecule has 0 bridgehead atoms. The van der Waals surface area contributed by atoms with Gasteiger partial charge in [-0.2, -0.15) is 0 Å². The molecule has 1 saturated carbocycles. The summed E-state index contributed by atoms with van der Waals surface area (Å²) < 4.78 is 0. The number of aliphatic hydroxyl groups is 1. The Morgan fingerprint density at radius 1 is 1.55 bits per heavy atom. The van der Waals surface area contributed by atoms with Gasteiger partial charge in [-0.15, -0.1) is 0 Å². The van der Waals surface area contributed by atoms with Crippen molar-refractivity contribution in [3.63, 3.8) is 0 Å². The highest BCUT2D eigenvalue weighted by atomic mass is 16.4. The van der Waals surface area contributed by atoms with Gasteiger partial charge in [-0.25, -0.2) is 4.79 Å². The lowest BCUT2D eigenvalue weighted by Gasteiger charge is -2.17. The number of hydrogen-bond acceptors (Lipinski definition) is 2. The predicted octanol–water partition coefficient (Wildman–Crippen LogP) is 0.868. The SMILES string of the molecule is CC1CCCC1C(O)C(=O)O. The van der Waals surface area contributed by atoms with Gasteiger partial charge in [0.25, 0.3) is 0 Å². The fourth-order valence-corrected chi connectivity index (χ4v) is 1.83. The molecule has 1 fully saturated rings. The molecule has 0 spiro atoms. The van der Waals surface area contributed by atoms with Crippen LogP contribution >= 0.6 is 0 Å². The fraction of sp³-hybridized carbons (Fsp3) is 0.875. The normalized spacial score (nSPS) is 33.6. The van der Waals surface area contributed by atoms with Gasteiger partial charge in [0.15, 0.2) is 6.10 Å². The van der Waals surface area contributed by atoms with Crippen molar-refractivity contribution in [2.45, 2.75) is 32.3 Å². The molecule has 64 valence electrons. The third kappa shape index (κ3) is 1.71. The van der Waals surface area contributed by atoms with Gasteiger partial charge in [0.1, 0.15) is 0 Å². The Morgan fingerprint density at radius 2 is 2.18 bits per heavy atom. The van der Waals surface area contributed by atoms with Crippen LogP contribution in [-0.4, -0.2) is 22.3 Å². The second-order valence-corrected chi connectivity index (χ2v) is 3.36. The van der Waals surface area contributed by atoms with Crippen molar-refractivity contribution in [2.75, 3.05) is 0 Å². The van der Waals surface area contributed by atoms with Gasteiger partial charge in [0.05, 0.1) is 0 Å². The maximum atomic E-state index is 10.4. The maximum absolute atomic E-state index is 10.4. The highest BCUT2D eigenvalue weighted by molar-refractivity contribution is 5.72. The molecule has 0 amide bonds. The largest absolute Gasteiger partial charge is 0.479 e. The van der Waals surface area contributed by atoms with Gasteiger partial charge in [-0.3, -0.25) is 0 Å². The van der Waals surface area contributed by atoms with Crippen molar-refractivity contribution in [3.8, 4) is 0 Å². The molecule has 0 aromatic heterocycles. The van der Waals surface area contributed by atoms with Crippen molar-refractivity contribution in [1.82, 2.24) is 0 Å². The van der Waals surface area contributed by atoms with Crippen LogP contribution in [0.5, 0.6) is 0 Å². The molecule has 3 unspecified atom stereocenters. The second kappa shape index (κ2) is 3.22. The van der Waals surface area contributed by atoms with Crippen molar-refractivity contribution in [3.05, 3.63) is 0 Å². The zero-order valence-electron chi connectivity index (χ0n) is 6.66. The number of carboxylic acids is 1. The van der Waals surface area contributed by atoms with Crippen molar-refractivity contribution in [2.24, 2.45) is 11.8 Å². The molecule has 1 aliphatic rings. The Kier molecular flexibility index (Phi) is 2.49. The molecule has 0 aromatic rings. The average molecular weight is 158 g/mol. The highest BCUT2D eigenvalue weighted by Gasteiger charge is 2.33. The summed E-state index contributed by atoms with van der Waals surface area (Å²) in [5.74, 6) is -0.739. The standard InChI is InChI=1S/C8H14O3/c1-5-3-2-4-6(5)7(9)8(10)11/h5-7,9H,2-4H2,1H3,(H,10,11). The molecule has 2 N–H and O–H groups in total. The van der Waals surface area contributed by atoms with Crippen LogP contribution in [0.1, 0.15) is 26.2 Å². The lowest BCUT2D eigenvalue weighted by molar-refractivity contribution is -0.150. The van der Waals surface area contributed by atoms with Gasteiger partial charge < -0.3 is 10.2 Å². The summed E-state index contributed by atoms with van der Waals surface area (Å²) in [4.78, 5) is 10.4. The summed E-state index contributed by atoms with van der Waals surface area (Å²) in [5, 5.41) is 17.7. The van der Waals surface area contributed by atoms with E-state index < -0.39 is 12.1 Å².